The zero-order valence-corrected chi connectivity index (χ0v) is 12.1. The van der Waals surface area contributed by atoms with Crippen molar-refractivity contribution in [2.24, 2.45) is 16.7 Å². The van der Waals surface area contributed by atoms with Gasteiger partial charge in [0, 0.05) is 5.92 Å². The zero-order valence-electron chi connectivity index (χ0n) is 12.1. The number of carbonyl (C=O) groups excluding carboxylic acids is 3. The van der Waals surface area contributed by atoms with Crippen molar-refractivity contribution in [1.29, 1.82) is 0 Å². The molecule has 2 unspecified atom stereocenters. The van der Waals surface area contributed by atoms with E-state index in [0.29, 0.717) is 12.8 Å². The first-order chi connectivity index (χ1) is 9.91. The smallest absolute Gasteiger partial charge is 0.253 e. The van der Waals surface area contributed by atoms with Crippen LogP contribution in [0.5, 0.6) is 0 Å². The van der Waals surface area contributed by atoms with Gasteiger partial charge in [0.15, 0.2) is 0 Å². The number of amides is 1. The van der Waals surface area contributed by atoms with Crippen molar-refractivity contribution in [2.45, 2.75) is 26.7 Å². The fourth-order valence-corrected chi connectivity index (χ4v) is 3.84. The average Bonchev–Trinajstić information content (AvgIpc) is 2.82. The van der Waals surface area contributed by atoms with Crippen molar-refractivity contribution in [3.8, 4) is 0 Å². The summed E-state index contributed by atoms with van der Waals surface area (Å²) in [5.41, 5.74) is 4.29. The number of hydrogen-bond donors (Lipinski definition) is 2. The molecule has 5 heteroatoms. The Kier molecular flexibility index (Phi) is 2.90. The van der Waals surface area contributed by atoms with E-state index in [1.54, 1.807) is 0 Å². The van der Waals surface area contributed by atoms with Gasteiger partial charge in [-0.05, 0) is 30.4 Å². The number of Topliss-reactive ketones (excluding diaryl/α,β-unsaturated/α-hetero) is 2. The lowest BCUT2D eigenvalue weighted by Gasteiger charge is -2.33. The highest BCUT2D eigenvalue weighted by atomic mass is 16.2. The lowest BCUT2D eigenvalue weighted by molar-refractivity contribution is -0.148. The van der Waals surface area contributed by atoms with E-state index >= 15 is 0 Å². The Balaban J connectivity index is 1.83. The monoisotopic (exact) mass is 286 g/mol. The van der Waals surface area contributed by atoms with Crippen LogP contribution in [0, 0.1) is 16.7 Å². The minimum atomic E-state index is -1.23. The molecule has 21 heavy (non-hydrogen) atoms. The third-order valence-corrected chi connectivity index (χ3v) is 5.19. The summed E-state index contributed by atoms with van der Waals surface area (Å²) in [5, 5.41) is 0. The molecule has 5 nitrogen and oxygen atoms in total. The zero-order chi connectivity index (χ0) is 15.3. The normalized spacial score (nSPS) is 29.5. The summed E-state index contributed by atoms with van der Waals surface area (Å²) in [4.78, 5) is 37.0. The van der Waals surface area contributed by atoms with E-state index in [4.69, 9.17) is 0 Å². The van der Waals surface area contributed by atoms with Gasteiger partial charge in [-0.15, -0.1) is 0 Å². The second kappa shape index (κ2) is 4.41. The molecular formula is C16H18N2O3. The molecule has 2 atom stereocenters. The minimum absolute atomic E-state index is 0.326. The van der Waals surface area contributed by atoms with Gasteiger partial charge in [-0.3, -0.25) is 25.2 Å². The molecule has 2 bridgehead atoms. The summed E-state index contributed by atoms with van der Waals surface area (Å²) in [6.07, 6.45) is 1.05. The summed E-state index contributed by atoms with van der Waals surface area (Å²) < 4.78 is 0. The molecule has 2 saturated carbocycles. The number of rotatable bonds is 3. The molecule has 2 fully saturated rings. The quantitative estimate of drug-likeness (QED) is 0.504. The molecule has 1 aromatic carbocycles. The molecule has 0 aromatic heterocycles. The van der Waals surface area contributed by atoms with Gasteiger partial charge in [0.2, 0.25) is 11.6 Å². The Morgan fingerprint density at radius 2 is 1.86 bits per heavy atom. The van der Waals surface area contributed by atoms with Gasteiger partial charge < -0.3 is 0 Å². The molecular weight excluding hydrogens is 268 g/mol. The molecule has 0 heterocycles. The highest BCUT2D eigenvalue weighted by Gasteiger charge is 2.72. The number of ketones is 2. The van der Waals surface area contributed by atoms with Crippen molar-refractivity contribution in [3.63, 3.8) is 0 Å². The number of para-hydroxylation sites is 1. The fourth-order valence-electron chi connectivity index (χ4n) is 3.84. The van der Waals surface area contributed by atoms with Gasteiger partial charge in [0.05, 0.1) is 5.69 Å². The molecule has 2 aliphatic carbocycles. The van der Waals surface area contributed by atoms with Crippen LogP contribution in [0.25, 0.3) is 0 Å². The van der Waals surface area contributed by atoms with Gasteiger partial charge in [0.25, 0.3) is 5.91 Å². The lowest BCUT2D eigenvalue weighted by Crippen LogP contribution is -2.51. The maximum absolute atomic E-state index is 12.6. The van der Waals surface area contributed by atoms with E-state index < -0.39 is 22.5 Å². The molecule has 0 radical (unpaired) electrons. The number of hydrogen-bond acceptors (Lipinski definition) is 4. The van der Waals surface area contributed by atoms with Gasteiger partial charge in [-0.25, -0.2) is 0 Å². The van der Waals surface area contributed by atoms with E-state index in [2.05, 4.69) is 10.9 Å². The highest BCUT2D eigenvalue weighted by molar-refractivity contribution is 6.47. The van der Waals surface area contributed by atoms with Crippen molar-refractivity contribution >= 4 is 23.2 Å². The van der Waals surface area contributed by atoms with E-state index in [1.807, 2.05) is 44.2 Å². The number of fused-ring (bicyclic) bond motifs is 2. The lowest BCUT2D eigenvalue weighted by atomic mass is 9.68. The first kappa shape index (κ1) is 13.8. The summed E-state index contributed by atoms with van der Waals surface area (Å²) >= 11 is 0. The van der Waals surface area contributed by atoms with Crippen LogP contribution in [0.15, 0.2) is 30.3 Å². The third-order valence-electron chi connectivity index (χ3n) is 5.19. The Hall–Kier alpha value is -2.17. The molecule has 1 aromatic rings. The third kappa shape index (κ3) is 1.66. The van der Waals surface area contributed by atoms with E-state index in [-0.39, 0.29) is 11.7 Å². The van der Waals surface area contributed by atoms with Crippen molar-refractivity contribution < 1.29 is 14.4 Å². The van der Waals surface area contributed by atoms with Crippen molar-refractivity contribution in [1.82, 2.24) is 5.43 Å². The Labute approximate surface area is 123 Å². The van der Waals surface area contributed by atoms with Gasteiger partial charge in [0.1, 0.15) is 5.41 Å². The Morgan fingerprint density at radius 1 is 1.19 bits per heavy atom. The molecule has 0 aliphatic heterocycles. The predicted octanol–water partition coefficient (Wildman–Crippen LogP) is 1.70. The topological polar surface area (TPSA) is 75.3 Å². The first-order valence-electron chi connectivity index (χ1n) is 7.11. The molecule has 3 rings (SSSR count). The summed E-state index contributed by atoms with van der Waals surface area (Å²) in [6, 6.07) is 9.17. The highest BCUT2D eigenvalue weighted by Crippen LogP contribution is 2.62. The minimum Gasteiger partial charge on any atom is -0.299 e. The summed E-state index contributed by atoms with van der Waals surface area (Å²) in [6.45, 7) is 3.69. The summed E-state index contributed by atoms with van der Waals surface area (Å²) in [5.74, 6) is -1.65. The van der Waals surface area contributed by atoms with Crippen LogP contribution in [0.1, 0.15) is 26.7 Å². The van der Waals surface area contributed by atoms with Crippen LogP contribution >= 0.6 is 0 Å². The van der Waals surface area contributed by atoms with Crippen molar-refractivity contribution in [2.75, 3.05) is 5.43 Å². The largest absolute Gasteiger partial charge is 0.299 e. The second-order valence-electron chi connectivity index (χ2n) is 6.36. The Morgan fingerprint density at radius 3 is 2.43 bits per heavy atom. The number of anilines is 1. The SMILES string of the molecule is CC1(C)C2CCC1(C(=O)NNc1ccccc1)C(=O)C2=O. The molecule has 2 aliphatic rings. The standard InChI is InChI=1S/C16H18N2O3/c1-15(2)11-8-9-16(15,13(20)12(11)19)14(21)18-17-10-6-4-3-5-7-10/h3-7,11,17H,8-9H2,1-2H3,(H,18,21). The number of benzene rings is 1. The number of hydrazine groups is 1. The van der Waals surface area contributed by atoms with Crippen LogP contribution in [0.2, 0.25) is 0 Å². The average molecular weight is 286 g/mol. The maximum atomic E-state index is 12.6. The molecule has 1 amide bonds. The molecule has 0 saturated heterocycles. The molecule has 2 N–H and O–H groups in total. The maximum Gasteiger partial charge on any atom is 0.253 e. The fraction of sp³-hybridized carbons (Fsp3) is 0.438. The number of carbonyl (C=O) groups is 3. The van der Waals surface area contributed by atoms with Crippen LogP contribution < -0.4 is 10.9 Å². The van der Waals surface area contributed by atoms with Crippen LogP contribution in [0.4, 0.5) is 5.69 Å². The van der Waals surface area contributed by atoms with Gasteiger partial charge in [-0.1, -0.05) is 32.0 Å². The number of nitrogens with one attached hydrogen (secondary N) is 2. The van der Waals surface area contributed by atoms with E-state index in [1.165, 1.54) is 0 Å². The van der Waals surface area contributed by atoms with E-state index in [0.717, 1.165) is 5.69 Å². The van der Waals surface area contributed by atoms with Crippen LogP contribution in [-0.2, 0) is 14.4 Å². The van der Waals surface area contributed by atoms with Gasteiger partial charge in [-0.2, -0.15) is 0 Å². The van der Waals surface area contributed by atoms with Gasteiger partial charge >= 0.3 is 0 Å². The predicted molar refractivity (Wildman–Crippen MR) is 77.2 cm³/mol. The van der Waals surface area contributed by atoms with Crippen LogP contribution in [-0.4, -0.2) is 17.5 Å². The first-order valence-corrected chi connectivity index (χ1v) is 7.11. The van der Waals surface area contributed by atoms with E-state index in [9.17, 15) is 14.4 Å². The summed E-state index contributed by atoms with van der Waals surface area (Å²) in [7, 11) is 0. The molecule has 0 spiro atoms. The van der Waals surface area contributed by atoms with Crippen molar-refractivity contribution in [3.05, 3.63) is 30.3 Å². The second-order valence-corrected chi connectivity index (χ2v) is 6.36. The molecule has 110 valence electrons. The Bertz CT molecular complexity index is 624. The van der Waals surface area contributed by atoms with Crippen LogP contribution in [0.3, 0.4) is 0 Å².